The number of carbonyl (C=O) groups is 1. The van der Waals surface area contributed by atoms with E-state index in [9.17, 15) is 4.79 Å². The van der Waals surface area contributed by atoms with Gasteiger partial charge in [-0.15, -0.1) is 0 Å². The van der Waals surface area contributed by atoms with Crippen molar-refractivity contribution < 1.29 is 9.53 Å². The lowest BCUT2D eigenvalue weighted by molar-refractivity contribution is -0.117. The first-order chi connectivity index (χ1) is 6.27. The van der Waals surface area contributed by atoms with Gasteiger partial charge in [0.1, 0.15) is 0 Å². The van der Waals surface area contributed by atoms with E-state index in [1.54, 1.807) is 7.11 Å². The van der Waals surface area contributed by atoms with E-state index in [2.05, 4.69) is 32.0 Å². The first-order valence-corrected chi connectivity index (χ1v) is 5.02. The molecule has 0 heterocycles. The van der Waals surface area contributed by atoms with Crippen LogP contribution in [0.2, 0.25) is 0 Å². The molecule has 1 amide bonds. The molecule has 0 aromatic rings. The van der Waals surface area contributed by atoms with Crippen LogP contribution >= 0.6 is 15.9 Å². The predicted molar refractivity (Wildman–Crippen MR) is 53.3 cm³/mol. The Morgan fingerprint density at radius 2 is 2.38 bits per heavy atom. The smallest absolute Gasteiger partial charge is 0.297 e. The van der Waals surface area contributed by atoms with Crippen molar-refractivity contribution >= 4 is 21.8 Å². The Morgan fingerprint density at radius 1 is 1.62 bits per heavy atom. The second-order valence-corrected chi connectivity index (χ2v) is 3.40. The van der Waals surface area contributed by atoms with E-state index < -0.39 is 0 Å². The zero-order valence-corrected chi connectivity index (χ0v) is 9.06. The van der Waals surface area contributed by atoms with E-state index in [1.807, 2.05) is 0 Å². The third kappa shape index (κ3) is 3.02. The number of carbonyl (C=O) groups excluding carboxylic acids is 1. The largest absolute Gasteiger partial charge is 0.379 e. The molecule has 0 saturated heterocycles. The van der Waals surface area contributed by atoms with Crippen molar-refractivity contribution in [3.63, 3.8) is 0 Å². The molecule has 0 aromatic carbocycles. The van der Waals surface area contributed by atoms with Crippen LogP contribution in [0, 0.1) is 10.8 Å². The third-order valence-corrected chi connectivity index (χ3v) is 2.43. The van der Waals surface area contributed by atoms with Crippen molar-refractivity contribution in [3.05, 3.63) is 0 Å². The Labute approximate surface area is 86.3 Å². The summed E-state index contributed by atoms with van der Waals surface area (Å²) in [5.74, 6) is 2.13. The maximum absolute atomic E-state index is 11.1. The lowest BCUT2D eigenvalue weighted by atomic mass is 10.2. The first-order valence-electron chi connectivity index (χ1n) is 4.23. The highest BCUT2D eigenvalue weighted by molar-refractivity contribution is 9.12. The molecule has 4 heteroatoms. The van der Waals surface area contributed by atoms with Crippen molar-refractivity contribution in [1.82, 2.24) is 5.32 Å². The van der Waals surface area contributed by atoms with Gasteiger partial charge in [-0.1, -0.05) is 0 Å². The zero-order valence-electron chi connectivity index (χ0n) is 7.47. The molecule has 72 valence electrons. The number of hydrogen-bond donors (Lipinski definition) is 1. The van der Waals surface area contributed by atoms with E-state index >= 15 is 0 Å². The van der Waals surface area contributed by atoms with E-state index in [0.29, 0.717) is 0 Å². The lowest BCUT2D eigenvalue weighted by Gasteiger charge is -2.17. The molecule has 0 unspecified atom stereocenters. The quantitative estimate of drug-likeness (QED) is 0.739. The molecule has 0 aliphatic heterocycles. The van der Waals surface area contributed by atoms with Gasteiger partial charge < -0.3 is 10.1 Å². The second-order valence-electron chi connectivity index (χ2n) is 3.00. The van der Waals surface area contributed by atoms with Crippen LogP contribution in [-0.2, 0) is 9.53 Å². The summed E-state index contributed by atoms with van der Waals surface area (Å²) >= 11 is 2.88. The minimum Gasteiger partial charge on any atom is -0.379 e. The van der Waals surface area contributed by atoms with Crippen LogP contribution in [0.15, 0.2) is 0 Å². The SMILES string of the molecule is CO[C@@H]1CCC[C@H]1NC(=O)C#CBr. The minimum absolute atomic E-state index is 0.130. The summed E-state index contributed by atoms with van der Waals surface area (Å²) in [4.78, 5) is 13.5. The number of hydrogen-bond acceptors (Lipinski definition) is 2. The number of ether oxygens (including phenoxy) is 1. The van der Waals surface area contributed by atoms with Crippen molar-refractivity contribution in [3.8, 4) is 10.8 Å². The fraction of sp³-hybridized carbons (Fsp3) is 0.667. The van der Waals surface area contributed by atoms with Crippen molar-refractivity contribution in [2.24, 2.45) is 0 Å². The summed E-state index contributed by atoms with van der Waals surface area (Å²) in [7, 11) is 1.67. The summed E-state index contributed by atoms with van der Waals surface area (Å²) in [6, 6.07) is 0.130. The molecular weight excluding hydrogens is 234 g/mol. The number of nitrogens with one attached hydrogen (secondary N) is 1. The highest BCUT2D eigenvalue weighted by Gasteiger charge is 2.27. The van der Waals surface area contributed by atoms with Crippen molar-refractivity contribution in [2.45, 2.75) is 31.4 Å². The Morgan fingerprint density at radius 3 is 3.00 bits per heavy atom. The monoisotopic (exact) mass is 245 g/mol. The molecule has 13 heavy (non-hydrogen) atoms. The number of rotatable bonds is 2. The number of amides is 1. The second kappa shape index (κ2) is 5.25. The van der Waals surface area contributed by atoms with Gasteiger partial charge in [0.05, 0.1) is 12.1 Å². The summed E-state index contributed by atoms with van der Waals surface area (Å²) in [6.07, 6.45) is 3.25. The summed E-state index contributed by atoms with van der Waals surface area (Å²) in [6.45, 7) is 0. The van der Waals surface area contributed by atoms with Gasteiger partial charge >= 0.3 is 0 Å². The molecule has 0 radical (unpaired) electrons. The van der Waals surface area contributed by atoms with Crippen LogP contribution in [0.25, 0.3) is 0 Å². The average Bonchev–Trinajstić information content (AvgIpc) is 2.52. The van der Waals surface area contributed by atoms with Gasteiger partial charge in [-0.3, -0.25) is 4.79 Å². The third-order valence-electron chi connectivity index (χ3n) is 2.23. The summed E-state index contributed by atoms with van der Waals surface area (Å²) < 4.78 is 5.23. The standard InChI is InChI=1S/C9H12BrNO2/c1-13-8-4-2-3-7(8)11-9(12)5-6-10/h7-8H,2-4H2,1H3,(H,11,12)/t7-,8-/m1/s1. The zero-order chi connectivity index (χ0) is 9.68. The van der Waals surface area contributed by atoms with Crippen molar-refractivity contribution in [2.75, 3.05) is 7.11 Å². The van der Waals surface area contributed by atoms with Crippen LogP contribution in [0.4, 0.5) is 0 Å². The van der Waals surface area contributed by atoms with Gasteiger partial charge in [-0.05, 0) is 24.1 Å². The molecule has 0 aromatic heterocycles. The Bertz CT molecular complexity index is 244. The van der Waals surface area contributed by atoms with Gasteiger partial charge in [-0.25, -0.2) is 0 Å². The summed E-state index contributed by atoms with van der Waals surface area (Å²) in [5.41, 5.74) is 0. The molecule has 1 aliphatic carbocycles. The van der Waals surface area contributed by atoms with Crippen LogP contribution in [0.1, 0.15) is 19.3 Å². The molecular formula is C9H12BrNO2. The van der Waals surface area contributed by atoms with Gasteiger partial charge in [0.15, 0.2) is 0 Å². The first kappa shape index (κ1) is 10.6. The maximum atomic E-state index is 11.1. The Balaban J connectivity index is 2.42. The van der Waals surface area contributed by atoms with Crippen molar-refractivity contribution in [1.29, 1.82) is 0 Å². The van der Waals surface area contributed by atoms with Gasteiger partial charge in [0.2, 0.25) is 0 Å². The van der Waals surface area contributed by atoms with Crippen LogP contribution in [0.3, 0.4) is 0 Å². The van der Waals surface area contributed by atoms with E-state index in [0.717, 1.165) is 19.3 Å². The molecule has 0 bridgehead atoms. The molecule has 1 fully saturated rings. The molecule has 1 saturated carbocycles. The molecule has 3 nitrogen and oxygen atoms in total. The topological polar surface area (TPSA) is 38.3 Å². The van der Waals surface area contributed by atoms with Crippen LogP contribution in [-0.4, -0.2) is 25.2 Å². The van der Waals surface area contributed by atoms with Crippen LogP contribution in [0.5, 0.6) is 0 Å². The van der Waals surface area contributed by atoms with E-state index in [-0.39, 0.29) is 18.1 Å². The lowest BCUT2D eigenvalue weighted by Crippen LogP contribution is -2.40. The highest BCUT2D eigenvalue weighted by Crippen LogP contribution is 2.21. The van der Waals surface area contributed by atoms with Gasteiger partial charge in [0, 0.05) is 29.0 Å². The molecule has 1 rings (SSSR count). The number of halogens is 1. The molecule has 0 spiro atoms. The molecule has 1 N–H and O–H groups in total. The van der Waals surface area contributed by atoms with Gasteiger partial charge in [-0.2, -0.15) is 0 Å². The molecule has 1 aliphatic rings. The minimum atomic E-state index is -0.245. The fourth-order valence-electron chi connectivity index (χ4n) is 1.62. The van der Waals surface area contributed by atoms with Crippen LogP contribution < -0.4 is 5.32 Å². The predicted octanol–water partition coefficient (Wildman–Crippen LogP) is 1.03. The normalized spacial score (nSPS) is 26.3. The van der Waals surface area contributed by atoms with Gasteiger partial charge in [0.25, 0.3) is 5.91 Å². The van der Waals surface area contributed by atoms with E-state index in [4.69, 9.17) is 4.74 Å². The summed E-state index contributed by atoms with van der Waals surface area (Å²) in [5, 5.41) is 2.81. The van der Waals surface area contributed by atoms with E-state index in [1.165, 1.54) is 0 Å². The Kier molecular flexibility index (Phi) is 4.26. The number of methoxy groups -OCH3 is 1. The highest BCUT2D eigenvalue weighted by atomic mass is 79.9. The average molecular weight is 246 g/mol. The fourth-order valence-corrected chi connectivity index (χ4v) is 1.80. The maximum Gasteiger partial charge on any atom is 0.297 e. The Hall–Kier alpha value is -0.530. The molecule has 2 atom stereocenters.